The van der Waals surface area contributed by atoms with Crippen LogP contribution in [0.3, 0.4) is 0 Å². The summed E-state index contributed by atoms with van der Waals surface area (Å²) in [7, 11) is 0. The Hall–Kier alpha value is -5.15. The molecular formula is C44H50NiO10. The number of para-hydroxylation sites is 2. The standard InChI is InChI=1S/2C22H26O5.Ni/c2*1-21(2,3)15-11-13(12-16(18(15)23)22(4,5)6)20(26)27-17-10-8-7-9-14(17)19(24)25;/h2*7-12,23H,1-6H3,(H,24,25);/q;;+2/p-2. The molecule has 0 bridgehead atoms. The fourth-order valence-electron chi connectivity index (χ4n) is 5.50. The number of benzene rings is 4. The molecule has 0 atom stereocenters. The fourth-order valence-corrected chi connectivity index (χ4v) is 5.50. The molecule has 4 aromatic carbocycles. The smallest absolute Gasteiger partial charge is 0.872 e. The zero-order valence-electron chi connectivity index (χ0n) is 33.4. The molecule has 4 aromatic rings. The third-order valence-corrected chi connectivity index (χ3v) is 8.52. The number of carbonyl (C=O) groups is 4. The first-order valence-electron chi connectivity index (χ1n) is 17.5. The maximum atomic E-state index is 12.9. The van der Waals surface area contributed by atoms with Crippen LogP contribution in [0, 0.1) is 0 Å². The van der Waals surface area contributed by atoms with Gasteiger partial charge < -0.3 is 29.9 Å². The van der Waals surface area contributed by atoms with E-state index in [1.807, 2.05) is 83.1 Å². The van der Waals surface area contributed by atoms with Gasteiger partial charge in [0.15, 0.2) is 0 Å². The Kier molecular flexibility index (Phi) is 14.3. The topological polar surface area (TPSA) is 173 Å². The number of carboxylic acid groups (broad SMARTS) is 2. The van der Waals surface area contributed by atoms with Crippen LogP contribution in [0.15, 0.2) is 72.8 Å². The second kappa shape index (κ2) is 17.1. The van der Waals surface area contributed by atoms with E-state index in [1.165, 1.54) is 24.3 Å². The SMILES string of the molecule is CC(C)(C)c1cc(C(=O)Oc2ccccc2C(=O)O)cc(C(C)(C)C)c1[O-].CC(C)(C)c1cc(C(=O)Oc2ccccc2C(=O)O)cc(C(C)(C)C)c1[O-].[Ni+2]. The van der Waals surface area contributed by atoms with E-state index in [2.05, 4.69) is 0 Å². The van der Waals surface area contributed by atoms with Gasteiger partial charge in [0.1, 0.15) is 22.6 Å². The van der Waals surface area contributed by atoms with Gasteiger partial charge in [0, 0.05) is 0 Å². The second-order valence-corrected chi connectivity index (χ2v) is 17.2. The van der Waals surface area contributed by atoms with Crippen LogP contribution in [0.5, 0.6) is 23.0 Å². The Morgan fingerprint density at radius 1 is 0.473 bits per heavy atom. The summed E-state index contributed by atoms with van der Waals surface area (Å²) in [6.07, 6.45) is 0. The summed E-state index contributed by atoms with van der Waals surface area (Å²) in [5.41, 5.74) is 0.534. The quantitative estimate of drug-likeness (QED) is 0.109. The molecule has 0 saturated heterocycles. The molecule has 0 aliphatic rings. The number of aromatic carboxylic acids is 2. The van der Waals surface area contributed by atoms with Gasteiger partial charge in [-0.2, -0.15) is 0 Å². The number of carbonyl (C=O) groups excluding carboxylic acids is 2. The van der Waals surface area contributed by atoms with Gasteiger partial charge in [-0.1, -0.05) is 107 Å². The van der Waals surface area contributed by atoms with E-state index >= 15 is 0 Å². The first kappa shape index (κ1) is 46.0. The van der Waals surface area contributed by atoms with Crippen molar-refractivity contribution in [3.63, 3.8) is 0 Å². The van der Waals surface area contributed by atoms with Gasteiger partial charge in [-0.15, -0.1) is 11.5 Å². The van der Waals surface area contributed by atoms with Crippen LogP contribution in [0.4, 0.5) is 0 Å². The van der Waals surface area contributed by atoms with E-state index in [0.29, 0.717) is 22.3 Å². The number of hydrogen-bond donors (Lipinski definition) is 2. The molecule has 0 aliphatic carbocycles. The van der Waals surface area contributed by atoms with Crippen molar-refractivity contribution in [2.45, 2.75) is 105 Å². The van der Waals surface area contributed by atoms with Crippen LogP contribution in [0.25, 0.3) is 0 Å². The normalized spacial score (nSPS) is 11.7. The summed E-state index contributed by atoms with van der Waals surface area (Å²) in [4.78, 5) is 48.1. The van der Waals surface area contributed by atoms with Crippen LogP contribution in [0.2, 0.25) is 0 Å². The molecular weight excluding hydrogens is 747 g/mol. The minimum Gasteiger partial charge on any atom is -0.872 e. The first-order chi connectivity index (χ1) is 24.6. The molecule has 0 amide bonds. The number of carboxylic acids is 2. The Balaban J connectivity index is 0.000000373. The average Bonchev–Trinajstić information content (AvgIpc) is 3.03. The van der Waals surface area contributed by atoms with Crippen LogP contribution in [-0.2, 0) is 38.2 Å². The van der Waals surface area contributed by atoms with Gasteiger partial charge in [0.25, 0.3) is 0 Å². The van der Waals surface area contributed by atoms with Gasteiger partial charge in [0.05, 0.1) is 11.1 Å². The number of rotatable bonds is 6. The molecule has 10 nitrogen and oxygen atoms in total. The summed E-state index contributed by atoms with van der Waals surface area (Å²) in [5, 5.41) is 44.3. The van der Waals surface area contributed by atoms with E-state index < -0.39 is 45.5 Å². The van der Waals surface area contributed by atoms with Crippen molar-refractivity contribution in [1.82, 2.24) is 0 Å². The zero-order chi connectivity index (χ0) is 41.1. The number of ether oxygens (including phenoxy) is 2. The Labute approximate surface area is 333 Å². The van der Waals surface area contributed by atoms with Gasteiger partial charge in [0.2, 0.25) is 0 Å². The van der Waals surface area contributed by atoms with Crippen LogP contribution in [-0.4, -0.2) is 34.1 Å². The molecule has 11 heteroatoms. The maximum Gasteiger partial charge on any atom is 2.00 e. The molecule has 0 unspecified atom stereocenters. The maximum absolute atomic E-state index is 12.9. The van der Waals surface area contributed by atoms with E-state index in [4.69, 9.17) is 9.47 Å². The average molecular weight is 798 g/mol. The minimum absolute atomic E-state index is 0. The molecule has 55 heavy (non-hydrogen) atoms. The summed E-state index contributed by atoms with van der Waals surface area (Å²) >= 11 is 0. The van der Waals surface area contributed by atoms with Crippen molar-refractivity contribution in [3.05, 3.63) is 117 Å². The molecule has 2 N–H and O–H groups in total. The molecule has 0 heterocycles. The molecule has 0 aliphatic heterocycles. The summed E-state index contributed by atoms with van der Waals surface area (Å²) in [6, 6.07) is 18.1. The first-order valence-corrected chi connectivity index (χ1v) is 17.5. The third kappa shape index (κ3) is 11.4. The molecule has 296 valence electrons. The van der Waals surface area contributed by atoms with Crippen LogP contribution in [0.1, 0.15) is 147 Å². The van der Waals surface area contributed by atoms with Crippen LogP contribution >= 0.6 is 0 Å². The molecule has 4 rings (SSSR count). The van der Waals surface area contributed by atoms with Crippen molar-refractivity contribution in [2.24, 2.45) is 0 Å². The predicted octanol–water partition coefficient (Wildman–Crippen LogP) is 8.54. The molecule has 0 saturated carbocycles. The summed E-state index contributed by atoms with van der Waals surface area (Å²) in [6.45, 7) is 22.9. The predicted molar refractivity (Wildman–Crippen MR) is 203 cm³/mol. The van der Waals surface area contributed by atoms with E-state index in [-0.39, 0.29) is 61.7 Å². The monoisotopic (exact) mass is 796 g/mol. The molecule has 0 aromatic heterocycles. The van der Waals surface area contributed by atoms with Crippen molar-refractivity contribution in [3.8, 4) is 23.0 Å². The van der Waals surface area contributed by atoms with Crippen molar-refractivity contribution in [1.29, 1.82) is 0 Å². The van der Waals surface area contributed by atoms with E-state index in [1.54, 1.807) is 48.5 Å². The Morgan fingerprint density at radius 2 is 0.709 bits per heavy atom. The third-order valence-electron chi connectivity index (χ3n) is 8.52. The van der Waals surface area contributed by atoms with Gasteiger partial charge in [-0.3, -0.25) is 0 Å². The van der Waals surface area contributed by atoms with Crippen molar-refractivity contribution >= 4 is 23.9 Å². The fraction of sp³-hybridized carbons (Fsp3) is 0.364. The van der Waals surface area contributed by atoms with Gasteiger partial charge >= 0.3 is 40.4 Å². The van der Waals surface area contributed by atoms with Gasteiger partial charge in [-0.25, -0.2) is 19.2 Å². The Bertz CT molecular complexity index is 1850. The van der Waals surface area contributed by atoms with E-state index in [9.17, 15) is 39.6 Å². The second-order valence-electron chi connectivity index (χ2n) is 17.2. The number of esters is 2. The summed E-state index contributed by atoms with van der Waals surface area (Å²) in [5.74, 6) is -3.99. The number of hydrogen-bond acceptors (Lipinski definition) is 8. The largest absolute Gasteiger partial charge is 2.00 e. The minimum atomic E-state index is -1.18. The zero-order valence-corrected chi connectivity index (χ0v) is 34.4. The summed E-state index contributed by atoms with van der Waals surface area (Å²) < 4.78 is 10.7. The van der Waals surface area contributed by atoms with E-state index in [0.717, 1.165) is 0 Å². The van der Waals surface area contributed by atoms with Gasteiger partial charge in [-0.05, 0) is 92.4 Å². The van der Waals surface area contributed by atoms with Crippen molar-refractivity contribution < 1.29 is 65.6 Å². The van der Waals surface area contributed by atoms with Crippen LogP contribution < -0.4 is 19.7 Å². The molecule has 0 radical (unpaired) electrons. The Morgan fingerprint density at radius 3 is 0.927 bits per heavy atom. The van der Waals surface area contributed by atoms with Crippen molar-refractivity contribution in [2.75, 3.05) is 0 Å². The molecule has 0 spiro atoms. The molecule has 0 fully saturated rings.